The van der Waals surface area contributed by atoms with Crippen LogP contribution in [0.1, 0.15) is 18.1 Å². The predicted octanol–water partition coefficient (Wildman–Crippen LogP) is 5.49. The van der Waals surface area contributed by atoms with Crippen molar-refractivity contribution in [1.82, 2.24) is 9.66 Å². The fourth-order valence-electron chi connectivity index (χ4n) is 3.56. The largest absolute Gasteiger partial charge is 0.479 e. The third kappa shape index (κ3) is 5.80. The number of aliphatic carboxylic acids is 1. The number of nitro groups is 1. The average Bonchev–Trinajstić information content (AvgIpc) is 2.88. The monoisotopic (exact) mass is 604 g/mol. The summed E-state index contributed by atoms with van der Waals surface area (Å²) in [5, 5.41) is 25.1. The molecule has 0 aliphatic rings. The van der Waals surface area contributed by atoms with Gasteiger partial charge in [-0.25, -0.2) is 9.78 Å². The number of carboxylic acid groups (broad SMARTS) is 1. The second-order valence-electron chi connectivity index (χ2n) is 8.09. The SMILES string of the molecule is C[C@H](Oc1c(C=Nn2c(-c3cccc(C(F)(F)F)c3)nc3ccccc3c2=O)cc(Br)cc1[N+](=O)[O-])C(=O)O. The van der Waals surface area contributed by atoms with Gasteiger partial charge in [0.1, 0.15) is 0 Å². The van der Waals surface area contributed by atoms with E-state index < -0.39 is 45.7 Å². The summed E-state index contributed by atoms with van der Waals surface area (Å²) in [6.07, 6.45) is -5.15. The molecule has 1 aromatic heterocycles. The van der Waals surface area contributed by atoms with Crippen LogP contribution in [0.15, 0.2) is 75.0 Å². The molecule has 1 heterocycles. The standard InChI is InChI=1S/C25H16BrF3N4O6/c1-13(24(35)36)39-21-15(10-17(26)11-20(21)33(37)38)12-30-32-22(14-5-4-6-16(9-14)25(27,28)29)31-19-8-3-2-7-18(19)23(32)34/h2-13H,1H3,(H,35,36)/t13-/m0/s1. The number of fused-ring (bicyclic) bond motifs is 1. The molecule has 1 N–H and O–H groups in total. The number of nitrogens with zero attached hydrogens (tertiary/aromatic N) is 4. The van der Waals surface area contributed by atoms with Crippen LogP contribution in [0.3, 0.4) is 0 Å². The second kappa shape index (κ2) is 10.6. The van der Waals surface area contributed by atoms with Gasteiger partial charge in [0.2, 0.25) is 5.75 Å². The normalized spacial score (nSPS) is 12.5. The fourth-order valence-corrected chi connectivity index (χ4v) is 4.02. The summed E-state index contributed by atoms with van der Waals surface area (Å²) in [7, 11) is 0. The topological polar surface area (TPSA) is 137 Å². The van der Waals surface area contributed by atoms with E-state index in [1.807, 2.05) is 0 Å². The minimum Gasteiger partial charge on any atom is -0.479 e. The predicted molar refractivity (Wildman–Crippen MR) is 138 cm³/mol. The van der Waals surface area contributed by atoms with Gasteiger partial charge < -0.3 is 9.84 Å². The molecule has 0 spiro atoms. The summed E-state index contributed by atoms with van der Waals surface area (Å²) < 4.78 is 46.5. The van der Waals surface area contributed by atoms with Crippen molar-refractivity contribution in [3.63, 3.8) is 0 Å². The first-order valence-corrected chi connectivity index (χ1v) is 11.8. The fraction of sp³-hybridized carbons (Fsp3) is 0.120. The molecular weight excluding hydrogens is 589 g/mol. The van der Waals surface area contributed by atoms with Crippen LogP contribution in [-0.4, -0.2) is 38.0 Å². The molecule has 4 aromatic rings. The molecule has 3 aromatic carbocycles. The van der Waals surface area contributed by atoms with Gasteiger partial charge in [-0.3, -0.25) is 14.9 Å². The molecule has 1 atom stereocenters. The lowest BCUT2D eigenvalue weighted by Crippen LogP contribution is -2.24. The van der Waals surface area contributed by atoms with E-state index in [1.54, 1.807) is 12.1 Å². The third-order valence-electron chi connectivity index (χ3n) is 5.42. The van der Waals surface area contributed by atoms with Gasteiger partial charge in [0.25, 0.3) is 5.56 Å². The number of rotatable bonds is 7. The van der Waals surface area contributed by atoms with Gasteiger partial charge >= 0.3 is 17.8 Å². The maximum absolute atomic E-state index is 13.4. The molecule has 0 radical (unpaired) electrons. The minimum atomic E-state index is -4.66. The summed E-state index contributed by atoms with van der Waals surface area (Å²) >= 11 is 3.14. The first-order valence-electron chi connectivity index (χ1n) is 11.0. The van der Waals surface area contributed by atoms with Crippen molar-refractivity contribution in [3.8, 4) is 17.1 Å². The molecule has 0 aliphatic heterocycles. The van der Waals surface area contributed by atoms with Crippen molar-refractivity contribution < 1.29 is 32.7 Å². The van der Waals surface area contributed by atoms with E-state index in [1.165, 1.54) is 31.2 Å². The van der Waals surface area contributed by atoms with Crippen LogP contribution in [0, 0.1) is 10.1 Å². The average molecular weight is 605 g/mol. The quantitative estimate of drug-likeness (QED) is 0.167. The van der Waals surface area contributed by atoms with Gasteiger partial charge in [-0.2, -0.15) is 22.9 Å². The third-order valence-corrected chi connectivity index (χ3v) is 5.87. The van der Waals surface area contributed by atoms with Crippen LogP contribution in [0.25, 0.3) is 22.3 Å². The van der Waals surface area contributed by atoms with Gasteiger partial charge in [-0.15, -0.1) is 0 Å². The number of nitro benzene ring substituents is 1. The van der Waals surface area contributed by atoms with Gasteiger partial charge in [-0.1, -0.05) is 40.2 Å². The first-order chi connectivity index (χ1) is 18.4. The van der Waals surface area contributed by atoms with Gasteiger partial charge in [0.15, 0.2) is 11.9 Å². The van der Waals surface area contributed by atoms with Crippen LogP contribution in [0.5, 0.6) is 5.75 Å². The van der Waals surface area contributed by atoms with E-state index >= 15 is 0 Å². The number of para-hydroxylation sites is 1. The molecule has 0 aliphatic carbocycles. The highest BCUT2D eigenvalue weighted by molar-refractivity contribution is 9.10. The summed E-state index contributed by atoms with van der Waals surface area (Å²) in [6, 6.07) is 12.7. The molecule has 200 valence electrons. The zero-order valence-corrected chi connectivity index (χ0v) is 21.3. The molecule has 4 rings (SSSR count). The number of carboxylic acids is 1. The lowest BCUT2D eigenvalue weighted by atomic mass is 10.1. The Balaban J connectivity index is 1.96. The highest BCUT2D eigenvalue weighted by atomic mass is 79.9. The zero-order chi connectivity index (χ0) is 28.5. The Bertz CT molecular complexity index is 1700. The molecular formula is C25H16BrF3N4O6. The lowest BCUT2D eigenvalue weighted by molar-refractivity contribution is -0.386. The number of halogens is 4. The molecule has 0 fully saturated rings. The number of hydrogen-bond acceptors (Lipinski definition) is 7. The van der Waals surface area contributed by atoms with Crippen LogP contribution in [0.4, 0.5) is 18.9 Å². The number of alkyl halides is 3. The van der Waals surface area contributed by atoms with E-state index in [2.05, 4.69) is 26.0 Å². The summed E-state index contributed by atoms with van der Waals surface area (Å²) in [5.41, 5.74) is -2.23. The van der Waals surface area contributed by atoms with Gasteiger partial charge in [0, 0.05) is 21.7 Å². The van der Waals surface area contributed by atoms with Crippen molar-refractivity contribution in [2.24, 2.45) is 5.10 Å². The van der Waals surface area contributed by atoms with Crippen LogP contribution in [0.2, 0.25) is 0 Å². The Labute approximate surface area is 225 Å². The Hall–Kier alpha value is -4.59. The summed E-state index contributed by atoms with van der Waals surface area (Å²) in [5.74, 6) is -2.06. The Kier molecular flexibility index (Phi) is 7.49. The Morgan fingerprint density at radius 1 is 1.21 bits per heavy atom. The summed E-state index contributed by atoms with van der Waals surface area (Å²) in [4.78, 5) is 39.9. The van der Waals surface area contributed by atoms with Crippen LogP contribution >= 0.6 is 15.9 Å². The van der Waals surface area contributed by atoms with Crippen molar-refractivity contribution in [2.45, 2.75) is 19.2 Å². The molecule has 0 amide bonds. The molecule has 0 saturated carbocycles. The number of aromatic nitrogens is 2. The number of carbonyl (C=O) groups is 1. The van der Waals surface area contributed by atoms with E-state index in [0.717, 1.165) is 35.2 Å². The van der Waals surface area contributed by atoms with Crippen LogP contribution in [-0.2, 0) is 11.0 Å². The van der Waals surface area contributed by atoms with E-state index in [4.69, 9.17) is 4.74 Å². The number of hydrogen-bond donors (Lipinski definition) is 1. The van der Waals surface area contributed by atoms with E-state index in [0.29, 0.717) is 0 Å². The Morgan fingerprint density at radius 2 is 1.92 bits per heavy atom. The van der Waals surface area contributed by atoms with Gasteiger partial charge in [0.05, 0.1) is 27.6 Å². The number of benzene rings is 3. The van der Waals surface area contributed by atoms with Crippen molar-refractivity contribution in [3.05, 3.63) is 96.7 Å². The van der Waals surface area contributed by atoms with E-state index in [9.17, 15) is 38.0 Å². The Morgan fingerprint density at radius 3 is 2.59 bits per heavy atom. The second-order valence-corrected chi connectivity index (χ2v) is 9.01. The number of ether oxygens (including phenoxy) is 1. The molecule has 14 heteroatoms. The summed E-state index contributed by atoms with van der Waals surface area (Å²) in [6.45, 7) is 1.17. The maximum atomic E-state index is 13.4. The minimum absolute atomic E-state index is 0.0685. The molecule has 0 bridgehead atoms. The smallest absolute Gasteiger partial charge is 0.416 e. The lowest BCUT2D eigenvalue weighted by Gasteiger charge is -2.14. The zero-order valence-electron chi connectivity index (χ0n) is 19.7. The highest BCUT2D eigenvalue weighted by Crippen LogP contribution is 2.35. The van der Waals surface area contributed by atoms with E-state index in [-0.39, 0.29) is 32.3 Å². The highest BCUT2D eigenvalue weighted by Gasteiger charge is 2.31. The molecule has 39 heavy (non-hydrogen) atoms. The first kappa shape index (κ1) is 27.4. The van der Waals surface area contributed by atoms with Crippen molar-refractivity contribution >= 4 is 44.7 Å². The van der Waals surface area contributed by atoms with Crippen LogP contribution < -0.4 is 10.3 Å². The van der Waals surface area contributed by atoms with Crippen molar-refractivity contribution in [1.29, 1.82) is 0 Å². The molecule has 0 saturated heterocycles. The van der Waals surface area contributed by atoms with Crippen molar-refractivity contribution in [2.75, 3.05) is 0 Å². The molecule has 10 nitrogen and oxygen atoms in total. The molecule has 0 unspecified atom stereocenters. The van der Waals surface area contributed by atoms with Gasteiger partial charge in [-0.05, 0) is 37.3 Å². The maximum Gasteiger partial charge on any atom is 0.416 e.